The molecular formula is C30H39N7O6. The number of hydrogen-bond acceptors (Lipinski definition) is 8. The number of benzene rings is 2. The number of imidazole rings is 1. The van der Waals surface area contributed by atoms with Crippen LogP contribution in [0.5, 0.6) is 5.75 Å². The van der Waals surface area contributed by atoms with E-state index >= 15 is 0 Å². The van der Waals surface area contributed by atoms with Gasteiger partial charge in [0, 0.05) is 31.2 Å². The van der Waals surface area contributed by atoms with Gasteiger partial charge in [-0.2, -0.15) is 0 Å². The van der Waals surface area contributed by atoms with E-state index in [1.165, 1.54) is 18.5 Å². The first-order chi connectivity index (χ1) is 20.7. The van der Waals surface area contributed by atoms with Gasteiger partial charge in [0.2, 0.25) is 17.7 Å². The molecule has 10 N–H and O–H groups in total. The predicted octanol–water partition coefficient (Wildman–Crippen LogP) is 0.139. The van der Waals surface area contributed by atoms with Gasteiger partial charge in [-0.3, -0.25) is 14.4 Å². The van der Waals surface area contributed by atoms with E-state index in [-0.39, 0.29) is 31.4 Å². The quantitative estimate of drug-likeness (QED) is 0.0995. The molecule has 0 spiro atoms. The van der Waals surface area contributed by atoms with Gasteiger partial charge in [0.15, 0.2) is 0 Å². The minimum absolute atomic E-state index is 0.00165. The van der Waals surface area contributed by atoms with E-state index in [0.717, 1.165) is 0 Å². The molecule has 0 radical (unpaired) electrons. The number of nitrogens with one attached hydrogen (secondary N) is 4. The maximum atomic E-state index is 13.5. The summed E-state index contributed by atoms with van der Waals surface area (Å²) in [7, 11) is 0. The molecule has 0 bridgehead atoms. The molecule has 0 saturated heterocycles. The van der Waals surface area contributed by atoms with Crippen LogP contribution in [0.15, 0.2) is 67.1 Å². The van der Waals surface area contributed by atoms with Crippen LogP contribution in [0.4, 0.5) is 0 Å². The minimum Gasteiger partial charge on any atom is -0.508 e. The molecule has 0 aliphatic rings. The number of aromatic nitrogens is 2. The number of carboxylic acids is 1. The Hall–Kier alpha value is -4.75. The van der Waals surface area contributed by atoms with Crippen molar-refractivity contribution >= 4 is 23.7 Å². The third kappa shape index (κ3) is 10.9. The van der Waals surface area contributed by atoms with Crippen molar-refractivity contribution in [3.05, 3.63) is 83.9 Å². The molecule has 1 heterocycles. The second kappa shape index (κ2) is 16.6. The Labute approximate surface area is 249 Å². The van der Waals surface area contributed by atoms with E-state index in [9.17, 15) is 29.4 Å². The summed E-state index contributed by atoms with van der Waals surface area (Å²) in [5.41, 5.74) is 13.7. The summed E-state index contributed by atoms with van der Waals surface area (Å²) >= 11 is 0. The van der Waals surface area contributed by atoms with E-state index in [1.54, 1.807) is 48.7 Å². The zero-order valence-corrected chi connectivity index (χ0v) is 23.7. The molecule has 0 saturated carbocycles. The van der Waals surface area contributed by atoms with Crippen LogP contribution in [0.2, 0.25) is 0 Å². The highest BCUT2D eigenvalue weighted by atomic mass is 16.4. The van der Waals surface area contributed by atoms with Crippen LogP contribution in [-0.2, 0) is 38.4 Å². The van der Waals surface area contributed by atoms with E-state index in [4.69, 9.17) is 11.5 Å². The summed E-state index contributed by atoms with van der Waals surface area (Å²) in [6.45, 7) is 0.394. The predicted molar refractivity (Wildman–Crippen MR) is 159 cm³/mol. The lowest BCUT2D eigenvalue weighted by Gasteiger charge is -2.25. The molecule has 0 fully saturated rings. The Kier molecular flexibility index (Phi) is 12.7. The van der Waals surface area contributed by atoms with Crippen LogP contribution in [0, 0.1) is 0 Å². The smallest absolute Gasteiger partial charge is 0.326 e. The highest BCUT2D eigenvalue weighted by molar-refractivity contribution is 5.94. The molecule has 3 rings (SSSR count). The SMILES string of the molecule is NCCCCC(NC(=O)C(N)Cc1cnc[nH]1)C(=O)NC(Cc1ccc(O)cc1)C(=O)NC(Cc1ccccc1)C(=O)O. The normalized spacial score (nSPS) is 13.7. The summed E-state index contributed by atoms with van der Waals surface area (Å²) in [5.74, 6) is -3.11. The fourth-order valence-electron chi connectivity index (χ4n) is 4.44. The average Bonchev–Trinajstić information content (AvgIpc) is 3.50. The maximum Gasteiger partial charge on any atom is 0.326 e. The van der Waals surface area contributed by atoms with E-state index in [2.05, 4.69) is 25.9 Å². The molecular weight excluding hydrogens is 554 g/mol. The number of rotatable bonds is 17. The number of aromatic amines is 1. The van der Waals surface area contributed by atoms with Gasteiger partial charge in [0.05, 0.1) is 12.4 Å². The van der Waals surface area contributed by atoms with Gasteiger partial charge in [0.1, 0.15) is 23.9 Å². The van der Waals surface area contributed by atoms with Crippen LogP contribution >= 0.6 is 0 Å². The van der Waals surface area contributed by atoms with Gasteiger partial charge in [-0.15, -0.1) is 0 Å². The number of aliphatic carboxylic acids is 1. The first-order valence-corrected chi connectivity index (χ1v) is 14.0. The fourth-order valence-corrected chi connectivity index (χ4v) is 4.44. The van der Waals surface area contributed by atoms with E-state index in [1.807, 2.05) is 0 Å². The standard InChI is InChI=1S/C30H39N7O6/c31-13-5-4-8-24(35-27(39)23(32)16-21-17-33-18-34-21)28(40)36-25(14-20-9-11-22(38)12-10-20)29(41)37-26(30(42)43)15-19-6-2-1-3-7-19/h1-3,6-7,9-12,17-18,23-26,38H,4-5,8,13-16,31-32H2,(H,33,34)(H,35,39)(H,36,40)(H,37,41)(H,42,43). The number of nitrogens with two attached hydrogens (primary N) is 2. The second-order valence-corrected chi connectivity index (χ2v) is 10.3. The fraction of sp³-hybridized carbons (Fsp3) is 0.367. The number of phenolic OH excluding ortho intramolecular Hbond substituents is 1. The van der Waals surface area contributed by atoms with E-state index in [0.29, 0.717) is 36.2 Å². The van der Waals surface area contributed by atoms with Gasteiger partial charge in [-0.1, -0.05) is 42.5 Å². The molecule has 4 atom stereocenters. The molecule has 0 aliphatic carbocycles. The number of carbonyl (C=O) groups is 4. The molecule has 13 nitrogen and oxygen atoms in total. The maximum absolute atomic E-state index is 13.5. The first-order valence-electron chi connectivity index (χ1n) is 14.0. The molecule has 0 aliphatic heterocycles. The topological polar surface area (TPSA) is 226 Å². The van der Waals surface area contributed by atoms with Crippen molar-refractivity contribution in [2.45, 2.75) is 62.7 Å². The number of amides is 3. The minimum atomic E-state index is -1.25. The van der Waals surface area contributed by atoms with Gasteiger partial charge < -0.3 is 42.6 Å². The largest absolute Gasteiger partial charge is 0.508 e. The lowest BCUT2D eigenvalue weighted by molar-refractivity contribution is -0.142. The number of carbonyl (C=O) groups excluding carboxylic acids is 3. The molecule has 3 aromatic rings. The zero-order chi connectivity index (χ0) is 31.2. The summed E-state index contributed by atoms with van der Waals surface area (Å²) in [6, 6.07) is 10.5. The average molecular weight is 594 g/mol. The first kappa shape index (κ1) is 32.8. The van der Waals surface area contributed by atoms with Crippen molar-refractivity contribution in [2.75, 3.05) is 6.54 Å². The molecule has 1 aromatic heterocycles. The van der Waals surface area contributed by atoms with Crippen LogP contribution < -0.4 is 27.4 Å². The number of unbranched alkanes of at least 4 members (excludes halogenated alkanes) is 1. The van der Waals surface area contributed by atoms with Crippen LogP contribution in [0.1, 0.15) is 36.1 Å². The summed E-state index contributed by atoms with van der Waals surface area (Å²) < 4.78 is 0. The second-order valence-electron chi connectivity index (χ2n) is 10.3. The number of phenols is 1. The number of H-pyrrole nitrogens is 1. The van der Waals surface area contributed by atoms with Gasteiger partial charge >= 0.3 is 5.97 Å². The third-order valence-corrected chi connectivity index (χ3v) is 6.82. The number of aromatic hydroxyl groups is 1. The summed E-state index contributed by atoms with van der Waals surface area (Å²) in [6.07, 6.45) is 4.60. The Bertz CT molecular complexity index is 1320. The van der Waals surface area contributed by atoms with Crippen molar-refractivity contribution in [3.63, 3.8) is 0 Å². The van der Waals surface area contributed by atoms with Crippen LogP contribution in [0.3, 0.4) is 0 Å². The number of hydrogen-bond donors (Lipinski definition) is 8. The number of nitrogens with zero attached hydrogens (tertiary/aromatic N) is 1. The molecule has 3 amide bonds. The lowest BCUT2D eigenvalue weighted by Crippen LogP contribution is -2.58. The molecule has 4 unspecified atom stereocenters. The highest BCUT2D eigenvalue weighted by Crippen LogP contribution is 2.13. The molecule has 43 heavy (non-hydrogen) atoms. The van der Waals surface area contributed by atoms with Crippen molar-refractivity contribution in [3.8, 4) is 5.75 Å². The summed E-state index contributed by atoms with van der Waals surface area (Å²) in [5, 5.41) is 27.4. The highest BCUT2D eigenvalue weighted by Gasteiger charge is 2.30. The van der Waals surface area contributed by atoms with E-state index < -0.39 is 47.9 Å². The summed E-state index contributed by atoms with van der Waals surface area (Å²) in [4.78, 5) is 58.7. The Balaban J connectivity index is 1.78. The van der Waals surface area contributed by atoms with Crippen LogP contribution in [0.25, 0.3) is 0 Å². The third-order valence-electron chi connectivity index (χ3n) is 6.82. The van der Waals surface area contributed by atoms with Crippen LogP contribution in [-0.4, -0.2) is 74.6 Å². The van der Waals surface area contributed by atoms with Crippen molar-refractivity contribution in [1.29, 1.82) is 0 Å². The van der Waals surface area contributed by atoms with Crippen molar-refractivity contribution in [2.24, 2.45) is 11.5 Å². The molecule has 2 aromatic carbocycles. The van der Waals surface area contributed by atoms with Crippen molar-refractivity contribution in [1.82, 2.24) is 25.9 Å². The number of carboxylic acid groups (broad SMARTS) is 1. The molecule has 230 valence electrons. The zero-order valence-electron chi connectivity index (χ0n) is 23.7. The molecule has 13 heteroatoms. The Morgan fingerprint density at radius 3 is 2.02 bits per heavy atom. The lowest BCUT2D eigenvalue weighted by atomic mass is 10.0. The Morgan fingerprint density at radius 1 is 0.791 bits per heavy atom. The monoisotopic (exact) mass is 593 g/mol. The van der Waals surface area contributed by atoms with Gasteiger partial charge in [0.25, 0.3) is 0 Å². The van der Waals surface area contributed by atoms with Gasteiger partial charge in [-0.05, 0) is 49.1 Å². The Morgan fingerprint density at radius 2 is 1.40 bits per heavy atom. The van der Waals surface area contributed by atoms with Gasteiger partial charge in [-0.25, -0.2) is 9.78 Å². The van der Waals surface area contributed by atoms with Crippen molar-refractivity contribution < 1.29 is 29.4 Å².